The van der Waals surface area contributed by atoms with E-state index in [1.165, 1.54) is 12.1 Å². The average molecular weight is 372 g/mol. The number of nitrogens with zero attached hydrogens (tertiary/aromatic N) is 4. The van der Waals surface area contributed by atoms with Crippen molar-refractivity contribution < 1.29 is 13.9 Å². The van der Waals surface area contributed by atoms with Crippen molar-refractivity contribution in [3.63, 3.8) is 0 Å². The van der Waals surface area contributed by atoms with E-state index in [4.69, 9.17) is 4.74 Å². The molecule has 0 aliphatic heterocycles. The Hall–Kier alpha value is -3.07. The van der Waals surface area contributed by atoms with Crippen LogP contribution in [0, 0.1) is 5.82 Å². The predicted octanol–water partition coefficient (Wildman–Crippen LogP) is 1.68. The largest absolute Gasteiger partial charge is 0.385 e. The van der Waals surface area contributed by atoms with Gasteiger partial charge in [0, 0.05) is 33.2 Å². The molecule has 142 valence electrons. The minimum absolute atomic E-state index is 0.0178. The molecule has 0 atom stereocenters. The summed E-state index contributed by atoms with van der Waals surface area (Å²) in [6.45, 7) is 1.71. The molecule has 2 N–H and O–H groups in total. The number of methoxy groups -OCH3 is 1. The lowest BCUT2D eigenvalue weighted by atomic mass is 10.2. The highest BCUT2D eigenvalue weighted by atomic mass is 19.1. The number of ether oxygens (including phenoxy) is 1. The van der Waals surface area contributed by atoms with Gasteiger partial charge in [-0.3, -0.25) is 4.79 Å². The van der Waals surface area contributed by atoms with Crippen LogP contribution in [-0.2, 0) is 11.2 Å². The van der Waals surface area contributed by atoms with E-state index in [1.54, 1.807) is 23.8 Å². The maximum absolute atomic E-state index is 13.6. The Kier molecular flexibility index (Phi) is 6.26. The van der Waals surface area contributed by atoms with E-state index in [9.17, 15) is 9.18 Å². The zero-order valence-electron chi connectivity index (χ0n) is 15.0. The van der Waals surface area contributed by atoms with Crippen LogP contribution in [0.4, 0.5) is 10.2 Å². The van der Waals surface area contributed by atoms with Crippen molar-refractivity contribution in [2.75, 3.05) is 32.1 Å². The molecule has 1 aromatic carbocycles. The lowest BCUT2D eigenvalue weighted by Gasteiger charge is -2.07. The van der Waals surface area contributed by atoms with Crippen molar-refractivity contribution in [1.29, 1.82) is 0 Å². The zero-order valence-corrected chi connectivity index (χ0v) is 15.0. The fourth-order valence-corrected chi connectivity index (χ4v) is 2.54. The predicted molar refractivity (Wildman–Crippen MR) is 98.2 cm³/mol. The van der Waals surface area contributed by atoms with Crippen LogP contribution in [-0.4, -0.2) is 52.5 Å². The minimum atomic E-state index is -0.547. The van der Waals surface area contributed by atoms with E-state index in [2.05, 4.69) is 25.9 Å². The SMILES string of the molecule is COCCCNc1ccc2nnc(CCNC(=O)c3ccccc3F)n2n1. The first kappa shape index (κ1) is 18.7. The van der Waals surface area contributed by atoms with Crippen molar-refractivity contribution in [2.24, 2.45) is 0 Å². The van der Waals surface area contributed by atoms with Gasteiger partial charge in [0.2, 0.25) is 0 Å². The normalized spacial score (nSPS) is 10.9. The summed E-state index contributed by atoms with van der Waals surface area (Å²) < 4.78 is 20.3. The first-order chi connectivity index (χ1) is 13.2. The number of benzene rings is 1. The van der Waals surface area contributed by atoms with E-state index >= 15 is 0 Å². The molecule has 2 aromatic heterocycles. The van der Waals surface area contributed by atoms with E-state index < -0.39 is 11.7 Å². The van der Waals surface area contributed by atoms with Gasteiger partial charge in [0.05, 0.1) is 5.56 Å². The van der Waals surface area contributed by atoms with Crippen LogP contribution in [0.1, 0.15) is 22.6 Å². The number of nitrogens with one attached hydrogen (secondary N) is 2. The van der Waals surface area contributed by atoms with Gasteiger partial charge in [0.15, 0.2) is 11.5 Å². The molecule has 0 fully saturated rings. The van der Waals surface area contributed by atoms with Gasteiger partial charge in [-0.15, -0.1) is 15.3 Å². The standard InChI is InChI=1S/C18H21FN6O2/c1-27-12-4-10-20-15-7-8-16-22-23-17(25(16)24-15)9-11-21-18(26)13-5-2-3-6-14(13)19/h2-3,5-8H,4,9-12H2,1H3,(H,20,24)(H,21,26). The van der Waals surface area contributed by atoms with Gasteiger partial charge in [0.25, 0.3) is 5.91 Å². The molecule has 0 spiro atoms. The van der Waals surface area contributed by atoms with Crippen LogP contribution >= 0.6 is 0 Å². The monoisotopic (exact) mass is 372 g/mol. The third-order valence-electron chi connectivity index (χ3n) is 3.91. The molecule has 0 aliphatic carbocycles. The Morgan fingerprint density at radius 3 is 2.85 bits per heavy atom. The number of carbonyl (C=O) groups is 1. The number of anilines is 1. The maximum atomic E-state index is 13.6. The summed E-state index contributed by atoms with van der Waals surface area (Å²) in [7, 11) is 1.67. The molecule has 0 unspecified atom stereocenters. The molecule has 0 bridgehead atoms. The van der Waals surface area contributed by atoms with Crippen LogP contribution in [0.25, 0.3) is 5.65 Å². The van der Waals surface area contributed by atoms with Crippen LogP contribution in [0.3, 0.4) is 0 Å². The quantitative estimate of drug-likeness (QED) is 0.555. The summed E-state index contributed by atoms with van der Waals surface area (Å²) in [6.07, 6.45) is 1.29. The Bertz CT molecular complexity index is 914. The fraction of sp³-hybridized carbons (Fsp3) is 0.333. The number of hydrogen-bond acceptors (Lipinski definition) is 6. The van der Waals surface area contributed by atoms with Crippen LogP contribution in [0.2, 0.25) is 0 Å². The van der Waals surface area contributed by atoms with Gasteiger partial charge in [-0.1, -0.05) is 12.1 Å². The molecule has 2 heterocycles. The number of amides is 1. The highest BCUT2D eigenvalue weighted by Crippen LogP contribution is 2.08. The smallest absolute Gasteiger partial charge is 0.254 e. The van der Waals surface area contributed by atoms with Crippen molar-refractivity contribution in [2.45, 2.75) is 12.8 Å². The van der Waals surface area contributed by atoms with Gasteiger partial charge in [-0.25, -0.2) is 4.39 Å². The lowest BCUT2D eigenvalue weighted by molar-refractivity contribution is 0.0950. The van der Waals surface area contributed by atoms with Crippen LogP contribution in [0.5, 0.6) is 0 Å². The second kappa shape index (κ2) is 9.04. The van der Waals surface area contributed by atoms with E-state index in [1.807, 2.05) is 12.1 Å². The van der Waals surface area contributed by atoms with Crippen molar-refractivity contribution in [3.8, 4) is 0 Å². The first-order valence-corrected chi connectivity index (χ1v) is 8.66. The molecule has 8 nitrogen and oxygen atoms in total. The number of carbonyl (C=O) groups excluding carboxylic acids is 1. The molecule has 27 heavy (non-hydrogen) atoms. The van der Waals surface area contributed by atoms with Gasteiger partial charge in [0.1, 0.15) is 11.6 Å². The molecule has 0 saturated carbocycles. The van der Waals surface area contributed by atoms with Crippen molar-refractivity contribution in [1.82, 2.24) is 25.1 Å². The molecule has 9 heteroatoms. The summed E-state index contributed by atoms with van der Waals surface area (Å²) in [5.41, 5.74) is 0.636. The molecular weight excluding hydrogens is 351 g/mol. The Morgan fingerprint density at radius 2 is 2.04 bits per heavy atom. The molecule has 1 amide bonds. The van der Waals surface area contributed by atoms with Crippen molar-refractivity contribution >= 4 is 17.4 Å². The molecule has 3 rings (SSSR count). The second-order valence-electron chi connectivity index (χ2n) is 5.86. The number of fused-ring (bicyclic) bond motifs is 1. The topological polar surface area (TPSA) is 93.4 Å². The summed E-state index contributed by atoms with van der Waals surface area (Å²) in [5, 5.41) is 18.6. The van der Waals surface area contributed by atoms with Gasteiger partial charge in [-0.2, -0.15) is 4.52 Å². The fourth-order valence-electron chi connectivity index (χ4n) is 2.54. The third kappa shape index (κ3) is 4.76. The Morgan fingerprint density at radius 1 is 1.19 bits per heavy atom. The molecule has 0 radical (unpaired) electrons. The number of aromatic nitrogens is 4. The molecule has 0 saturated heterocycles. The average Bonchev–Trinajstić information content (AvgIpc) is 3.08. The van der Waals surface area contributed by atoms with E-state index in [0.717, 1.165) is 13.0 Å². The van der Waals surface area contributed by atoms with Crippen LogP contribution in [0.15, 0.2) is 36.4 Å². The summed E-state index contributed by atoms with van der Waals surface area (Å²) in [4.78, 5) is 12.1. The Balaban J connectivity index is 1.59. The number of rotatable bonds is 9. The second-order valence-corrected chi connectivity index (χ2v) is 5.86. The van der Waals surface area contributed by atoms with E-state index in [0.29, 0.717) is 36.9 Å². The van der Waals surface area contributed by atoms with E-state index in [-0.39, 0.29) is 5.56 Å². The number of halogens is 1. The third-order valence-corrected chi connectivity index (χ3v) is 3.91. The minimum Gasteiger partial charge on any atom is -0.385 e. The van der Waals surface area contributed by atoms with Gasteiger partial charge in [-0.05, 0) is 30.7 Å². The highest BCUT2D eigenvalue weighted by Gasteiger charge is 2.12. The first-order valence-electron chi connectivity index (χ1n) is 8.66. The summed E-state index contributed by atoms with van der Waals surface area (Å²) in [5.74, 6) is 0.304. The van der Waals surface area contributed by atoms with Crippen LogP contribution < -0.4 is 10.6 Å². The molecule has 0 aliphatic rings. The maximum Gasteiger partial charge on any atom is 0.254 e. The number of hydrogen-bond donors (Lipinski definition) is 2. The molecular formula is C18H21FN6O2. The summed E-state index contributed by atoms with van der Waals surface area (Å²) >= 11 is 0. The molecule has 3 aromatic rings. The lowest BCUT2D eigenvalue weighted by Crippen LogP contribution is -2.27. The highest BCUT2D eigenvalue weighted by molar-refractivity contribution is 5.94. The Labute approximate surface area is 155 Å². The summed E-state index contributed by atoms with van der Waals surface area (Å²) in [6, 6.07) is 9.52. The zero-order chi connectivity index (χ0) is 19.1. The van der Waals surface area contributed by atoms with Gasteiger partial charge >= 0.3 is 0 Å². The van der Waals surface area contributed by atoms with Crippen molar-refractivity contribution in [3.05, 3.63) is 53.6 Å². The van der Waals surface area contributed by atoms with Gasteiger partial charge < -0.3 is 15.4 Å².